The van der Waals surface area contributed by atoms with Gasteiger partial charge in [-0.05, 0) is 142 Å². The smallest absolute Gasteiger partial charge is 0.0961 e. The number of aromatic nitrogens is 2. The van der Waals surface area contributed by atoms with E-state index in [2.05, 4.69) is 231 Å². The van der Waals surface area contributed by atoms with Crippen molar-refractivity contribution in [3.8, 4) is 33.5 Å². The van der Waals surface area contributed by atoms with E-state index < -0.39 is 5.41 Å². The Bertz CT molecular complexity index is 4320. The first-order valence-corrected chi connectivity index (χ1v) is 24.7. The molecule has 330 valence electrons. The van der Waals surface area contributed by atoms with E-state index >= 15 is 0 Å². The first-order chi connectivity index (χ1) is 35.2. The summed E-state index contributed by atoms with van der Waals surface area (Å²) in [5.74, 6) is 0.200. The number of hydrogen-bond acceptors (Lipinski definition) is 3. The predicted molar refractivity (Wildman–Crippen MR) is 296 cm³/mol. The van der Waals surface area contributed by atoms with Gasteiger partial charge in [-0.1, -0.05) is 188 Å². The Kier molecular flexibility index (Phi) is 8.70. The van der Waals surface area contributed by atoms with Crippen molar-refractivity contribution in [1.29, 1.82) is 0 Å². The van der Waals surface area contributed by atoms with E-state index in [1.165, 1.54) is 87.8 Å². The van der Waals surface area contributed by atoms with Crippen LogP contribution in [0, 0.1) is 0 Å². The van der Waals surface area contributed by atoms with Crippen molar-refractivity contribution in [2.24, 2.45) is 4.99 Å². The van der Waals surface area contributed by atoms with Gasteiger partial charge in [0.15, 0.2) is 0 Å². The van der Waals surface area contributed by atoms with Gasteiger partial charge in [-0.2, -0.15) is 0 Å². The van der Waals surface area contributed by atoms with Gasteiger partial charge in [-0.3, -0.25) is 9.98 Å². The third-order valence-corrected chi connectivity index (χ3v) is 15.7. The van der Waals surface area contributed by atoms with E-state index in [1.54, 1.807) is 0 Å². The van der Waals surface area contributed by atoms with Crippen molar-refractivity contribution in [2.75, 3.05) is 0 Å². The second-order valence-electron chi connectivity index (χ2n) is 19.3. The van der Waals surface area contributed by atoms with Gasteiger partial charge in [-0.15, -0.1) is 0 Å². The molecule has 3 heterocycles. The fourth-order valence-electron chi connectivity index (χ4n) is 12.6. The van der Waals surface area contributed by atoms with Gasteiger partial charge < -0.3 is 0 Å². The first-order valence-electron chi connectivity index (χ1n) is 24.7. The number of nitrogens with zero attached hydrogens (tertiary/aromatic N) is 3. The molecule has 3 heteroatoms. The van der Waals surface area contributed by atoms with Crippen LogP contribution in [0.3, 0.4) is 0 Å². The van der Waals surface area contributed by atoms with E-state index in [9.17, 15) is 0 Å². The molecule has 2 aliphatic rings. The second-order valence-corrected chi connectivity index (χ2v) is 19.3. The molecular formula is C68H43N3. The molecule has 11 aromatic carbocycles. The van der Waals surface area contributed by atoms with Crippen LogP contribution in [0.2, 0.25) is 0 Å². The molecule has 1 aliphatic heterocycles. The Labute approximate surface area is 411 Å². The SMILES string of the molecule is C1=Nc2c(ccc3cccnc23)C(c2ccc3c4ccc(-c5cccc(-c6nc7ccccc7c7cc8c(cc67)-c6ccccc6C8(c6ccccc6)c6ccccc6)c5)cc4c4ccccc4c3c2)C1. The number of para-hydroxylation sites is 1. The van der Waals surface area contributed by atoms with Crippen LogP contribution >= 0.6 is 0 Å². The number of hydrogen-bond donors (Lipinski definition) is 0. The highest BCUT2D eigenvalue weighted by atomic mass is 14.8. The molecule has 0 bridgehead atoms. The maximum Gasteiger partial charge on any atom is 0.0961 e. The molecule has 2 aromatic heterocycles. The van der Waals surface area contributed by atoms with Crippen LogP contribution in [-0.2, 0) is 5.41 Å². The van der Waals surface area contributed by atoms with Crippen LogP contribution < -0.4 is 0 Å². The molecule has 71 heavy (non-hydrogen) atoms. The van der Waals surface area contributed by atoms with Crippen molar-refractivity contribution < 1.29 is 0 Å². The largest absolute Gasteiger partial charge is 0.259 e. The van der Waals surface area contributed by atoms with E-state index in [4.69, 9.17) is 15.0 Å². The highest BCUT2D eigenvalue weighted by molar-refractivity contribution is 6.26. The van der Waals surface area contributed by atoms with Crippen LogP contribution in [0.4, 0.5) is 5.69 Å². The molecule has 1 aliphatic carbocycles. The fraction of sp³-hybridized carbons (Fsp3) is 0.0441. The van der Waals surface area contributed by atoms with E-state index in [0.717, 1.165) is 56.1 Å². The molecule has 0 N–H and O–H groups in total. The molecule has 0 radical (unpaired) electrons. The van der Waals surface area contributed by atoms with Gasteiger partial charge in [0.1, 0.15) is 0 Å². The maximum absolute atomic E-state index is 5.52. The van der Waals surface area contributed by atoms with Crippen molar-refractivity contribution in [2.45, 2.75) is 17.8 Å². The molecule has 15 rings (SSSR count). The molecule has 0 saturated carbocycles. The highest BCUT2D eigenvalue weighted by Crippen LogP contribution is 2.57. The summed E-state index contributed by atoms with van der Waals surface area (Å²) in [6, 6.07) is 85.4. The monoisotopic (exact) mass is 901 g/mol. The quantitative estimate of drug-likeness (QED) is 0.161. The summed E-state index contributed by atoms with van der Waals surface area (Å²) in [5, 5.41) is 12.2. The van der Waals surface area contributed by atoms with Crippen LogP contribution in [0.5, 0.6) is 0 Å². The molecule has 0 fully saturated rings. The van der Waals surface area contributed by atoms with E-state index in [0.29, 0.717) is 0 Å². The first kappa shape index (κ1) is 39.9. The van der Waals surface area contributed by atoms with Crippen molar-refractivity contribution in [1.82, 2.24) is 9.97 Å². The van der Waals surface area contributed by atoms with Gasteiger partial charge in [0.05, 0.1) is 27.8 Å². The lowest BCUT2D eigenvalue weighted by Gasteiger charge is -2.34. The average Bonchev–Trinajstić information content (AvgIpc) is 3.75. The van der Waals surface area contributed by atoms with Crippen molar-refractivity contribution >= 4 is 76.8 Å². The zero-order valence-corrected chi connectivity index (χ0v) is 38.7. The normalized spacial score (nSPS) is 14.6. The summed E-state index contributed by atoms with van der Waals surface area (Å²) < 4.78 is 0. The molecule has 13 aromatic rings. The van der Waals surface area contributed by atoms with Crippen LogP contribution in [0.25, 0.3) is 98.4 Å². The minimum Gasteiger partial charge on any atom is -0.259 e. The molecule has 0 saturated heterocycles. The van der Waals surface area contributed by atoms with E-state index in [-0.39, 0.29) is 5.92 Å². The lowest BCUT2D eigenvalue weighted by molar-refractivity contribution is 0.769. The summed E-state index contributed by atoms with van der Waals surface area (Å²) >= 11 is 0. The Morgan fingerprint density at radius 1 is 0.408 bits per heavy atom. The summed E-state index contributed by atoms with van der Waals surface area (Å²) in [7, 11) is 0. The summed E-state index contributed by atoms with van der Waals surface area (Å²) in [5.41, 5.74) is 17.0. The number of benzene rings is 11. The van der Waals surface area contributed by atoms with Crippen molar-refractivity contribution in [3.63, 3.8) is 0 Å². The molecule has 1 atom stereocenters. The summed E-state index contributed by atoms with van der Waals surface area (Å²) in [6.45, 7) is 0. The number of fused-ring (bicyclic) bond motifs is 15. The van der Waals surface area contributed by atoms with Crippen molar-refractivity contribution in [3.05, 3.63) is 270 Å². The van der Waals surface area contributed by atoms with Gasteiger partial charge >= 0.3 is 0 Å². The number of aliphatic imine (C=N–C) groups is 1. The lowest BCUT2D eigenvalue weighted by Crippen LogP contribution is -2.28. The van der Waals surface area contributed by atoms with Gasteiger partial charge in [0.25, 0.3) is 0 Å². The minimum atomic E-state index is -0.495. The zero-order valence-electron chi connectivity index (χ0n) is 38.7. The number of pyridine rings is 2. The lowest BCUT2D eigenvalue weighted by atomic mass is 9.67. The molecule has 3 nitrogen and oxygen atoms in total. The third kappa shape index (κ3) is 5.87. The van der Waals surface area contributed by atoms with Crippen LogP contribution in [0.15, 0.2) is 242 Å². The summed E-state index contributed by atoms with van der Waals surface area (Å²) in [6.07, 6.45) is 4.80. The minimum absolute atomic E-state index is 0.200. The maximum atomic E-state index is 5.52. The predicted octanol–water partition coefficient (Wildman–Crippen LogP) is 17.3. The molecule has 1 unspecified atom stereocenters. The Morgan fingerprint density at radius 2 is 1.07 bits per heavy atom. The van der Waals surface area contributed by atoms with Crippen LogP contribution in [0.1, 0.15) is 45.7 Å². The van der Waals surface area contributed by atoms with Gasteiger partial charge in [0.2, 0.25) is 0 Å². The highest BCUT2D eigenvalue weighted by Gasteiger charge is 2.46. The zero-order chi connectivity index (χ0) is 46.6. The third-order valence-electron chi connectivity index (χ3n) is 15.7. The average molecular weight is 902 g/mol. The van der Waals surface area contributed by atoms with Crippen LogP contribution in [-0.4, -0.2) is 16.2 Å². The van der Waals surface area contributed by atoms with Gasteiger partial charge in [0, 0.05) is 40.1 Å². The molecule has 0 amide bonds. The Morgan fingerprint density at radius 3 is 1.89 bits per heavy atom. The topological polar surface area (TPSA) is 38.1 Å². The fourth-order valence-corrected chi connectivity index (χ4v) is 12.6. The summed E-state index contributed by atoms with van der Waals surface area (Å²) in [4.78, 5) is 15.2. The molecule has 0 spiro atoms. The Hall–Kier alpha value is -9.05. The Balaban J connectivity index is 0.887. The number of rotatable bonds is 5. The standard InChI is InChI=1S/C68H43N3/c1-3-18-47(19-4-1)68(48-20-5-2-6-21-48)62-26-11-9-24-54(62)60-40-61-59(41-63(60)68)55-25-10-12-27-64(55)71-65(61)46-16-13-15-43(37-46)44-29-31-52-53-32-30-45(39-58(53)51-23-8-7-22-50(51)57(52)38-44)49-34-36-70-67-56(49)33-28-42-17-14-35-69-66(42)67/h1-33,35-41,49H,34H2. The second kappa shape index (κ2) is 15.5. The van der Waals surface area contributed by atoms with Gasteiger partial charge in [-0.25, -0.2) is 4.98 Å². The van der Waals surface area contributed by atoms with E-state index in [1.807, 2.05) is 12.3 Å². The molecular weight excluding hydrogens is 859 g/mol.